The number of nitrogens with zero attached hydrogens (tertiary/aromatic N) is 3. The lowest BCUT2D eigenvalue weighted by Crippen LogP contribution is -2.42. The van der Waals surface area contributed by atoms with E-state index in [4.69, 9.17) is 4.74 Å². The number of methoxy groups -OCH3 is 1. The summed E-state index contributed by atoms with van der Waals surface area (Å²) in [6.45, 7) is 1.55. The van der Waals surface area contributed by atoms with Gasteiger partial charge in [-0.05, 0) is 13.0 Å². The van der Waals surface area contributed by atoms with E-state index in [2.05, 4.69) is 15.5 Å². The van der Waals surface area contributed by atoms with Crippen molar-refractivity contribution in [3.63, 3.8) is 0 Å². The molecule has 1 fully saturated rings. The van der Waals surface area contributed by atoms with Gasteiger partial charge >= 0.3 is 5.97 Å². The normalized spacial score (nSPS) is 26.2. The van der Waals surface area contributed by atoms with Crippen LogP contribution in [0.5, 0.6) is 0 Å². The molecule has 0 saturated carbocycles. The first-order chi connectivity index (χ1) is 7.33. The van der Waals surface area contributed by atoms with Crippen molar-refractivity contribution in [2.24, 2.45) is 5.92 Å². The SMILES string of the molecule is COC(=O)C1CNCCC1n1cnnc1. The number of carbonyl (C=O) groups excluding carboxylic acids is 1. The first kappa shape index (κ1) is 10.1. The Morgan fingerprint density at radius 1 is 1.53 bits per heavy atom. The molecule has 2 heterocycles. The molecule has 15 heavy (non-hydrogen) atoms. The zero-order valence-corrected chi connectivity index (χ0v) is 8.59. The average molecular weight is 210 g/mol. The molecule has 0 bridgehead atoms. The molecule has 1 aliphatic heterocycles. The second-order valence-electron chi connectivity index (χ2n) is 3.60. The van der Waals surface area contributed by atoms with Crippen molar-refractivity contribution in [1.29, 1.82) is 0 Å². The number of carbonyl (C=O) groups is 1. The van der Waals surface area contributed by atoms with Crippen LogP contribution in [0.15, 0.2) is 12.7 Å². The summed E-state index contributed by atoms with van der Waals surface area (Å²) in [4.78, 5) is 11.6. The highest BCUT2D eigenvalue weighted by atomic mass is 16.5. The number of aromatic nitrogens is 3. The molecule has 2 rings (SSSR count). The molecule has 0 radical (unpaired) electrons. The van der Waals surface area contributed by atoms with Gasteiger partial charge in [0.05, 0.1) is 19.1 Å². The topological polar surface area (TPSA) is 69.0 Å². The molecule has 82 valence electrons. The molecule has 6 nitrogen and oxygen atoms in total. The predicted molar refractivity (Wildman–Crippen MR) is 52.1 cm³/mol. The van der Waals surface area contributed by atoms with Crippen LogP contribution >= 0.6 is 0 Å². The zero-order chi connectivity index (χ0) is 10.7. The van der Waals surface area contributed by atoms with Gasteiger partial charge in [-0.15, -0.1) is 10.2 Å². The summed E-state index contributed by atoms with van der Waals surface area (Å²) in [5.74, 6) is -0.333. The van der Waals surface area contributed by atoms with Gasteiger partial charge in [0.25, 0.3) is 0 Å². The molecule has 1 aromatic rings. The maximum absolute atomic E-state index is 11.6. The van der Waals surface area contributed by atoms with Crippen LogP contribution in [0, 0.1) is 5.92 Å². The highest BCUT2D eigenvalue weighted by molar-refractivity contribution is 5.73. The van der Waals surface area contributed by atoms with Gasteiger partial charge < -0.3 is 14.6 Å². The zero-order valence-electron chi connectivity index (χ0n) is 8.59. The number of hydrogen-bond acceptors (Lipinski definition) is 5. The van der Waals surface area contributed by atoms with E-state index >= 15 is 0 Å². The molecule has 1 saturated heterocycles. The van der Waals surface area contributed by atoms with Crippen molar-refractivity contribution >= 4 is 5.97 Å². The Balaban J connectivity index is 2.16. The quantitative estimate of drug-likeness (QED) is 0.673. The third kappa shape index (κ3) is 1.99. The molecule has 6 heteroatoms. The molecule has 1 N–H and O–H groups in total. The van der Waals surface area contributed by atoms with Crippen LogP contribution in [0.1, 0.15) is 12.5 Å². The van der Waals surface area contributed by atoms with Crippen molar-refractivity contribution in [2.45, 2.75) is 12.5 Å². The molecule has 0 aromatic carbocycles. The lowest BCUT2D eigenvalue weighted by atomic mass is 9.93. The fraction of sp³-hybridized carbons (Fsp3) is 0.667. The van der Waals surface area contributed by atoms with Crippen molar-refractivity contribution in [3.8, 4) is 0 Å². The Hall–Kier alpha value is -1.43. The second-order valence-corrected chi connectivity index (χ2v) is 3.60. The summed E-state index contributed by atoms with van der Waals surface area (Å²) in [7, 11) is 1.42. The van der Waals surface area contributed by atoms with E-state index < -0.39 is 0 Å². The van der Waals surface area contributed by atoms with Crippen LogP contribution in [-0.2, 0) is 9.53 Å². The van der Waals surface area contributed by atoms with E-state index in [9.17, 15) is 4.79 Å². The second kappa shape index (κ2) is 4.39. The largest absolute Gasteiger partial charge is 0.469 e. The first-order valence-corrected chi connectivity index (χ1v) is 4.95. The van der Waals surface area contributed by atoms with Gasteiger partial charge in [0.1, 0.15) is 12.7 Å². The fourth-order valence-corrected chi connectivity index (χ4v) is 1.97. The number of nitrogens with one attached hydrogen (secondary N) is 1. The average Bonchev–Trinajstić information content (AvgIpc) is 2.81. The summed E-state index contributed by atoms with van der Waals surface area (Å²) >= 11 is 0. The van der Waals surface area contributed by atoms with Crippen LogP contribution < -0.4 is 5.32 Å². The predicted octanol–water partition coefficient (Wildman–Crippen LogP) is -0.398. The van der Waals surface area contributed by atoms with Crippen LogP contribution in [0.4, 0.5) is 0 Å². The number of rotatable bonds is 2. The van der Waals surface area contributed by atoms with E-state index in [1.54, 1.807) is 12.7 Å². The minimum atomic E-state index is -0.180. The van der Waals surface area contributed by atoms with Crippen molar-refractivity contribution in [3.05, 3.63) is 12.7 Å². The molecular weight excluding hydrogens is 196 g/mol. The number of esters is 1. The maximum atomic E-state index is 11.6. The monoisotopic (exact) mass is 210 g/mol. The third-order valence-corrected chi connectivity index (χ3v) is 2.77. The van der Waals surface area contributed by atoms with Gasteiger partial charge in [-0.25, -0.2) is 0 Å². The molecular formula is C9H14N4O2. The Morgan fingerprint density at radius 2 is 2.27 bits per heavy atom. The summed E-state index contributed by atoms with van der Waals surface area (Å²) in [6.07, 6.45) is 4.18. The van der Waals surface area contributed by atoms with Gasteiger partial charge in [0.2, 0.25) is 0 Å². The van der Waals surface area contributed by atoms with E-state index in [0.29, 0.717) is 6.54 Å². The summed E-state index contributed by atoms with van der Waals surface area (Å²) in [5.41, 5.74) is 0. The van der Waals surface area contributed by atoms with Crippen LogP contribution in [-0.4, -0.2) is 40.9 Å². The van der Waals surface area contributed by atoms with Gasteiger partial charge in [-0.3, -0.25) is 4.79 Å². The van der Waals surface area contributed by atoms with Crippen molar-refractivity contribution in [2.75, 3.05) is 20.2 Å². The van der Waals surface area contributed by atoms with Gasteiger partial charge in [-0.1, -0.05) is 0 Å². The molecule has 1 aromatic heterocycles. The summed E-state index contributed by atoms with van der Waals surface area (Å²) in [6, 6.07) is 0.105. The lowest BCUT2D eigenvalue weighted by molar-refractivity contribution is -0.147. The molecule has 0 amide bonds. The minimum absolute atomic E-state index is 0.105. The number of piperidine rings is 1. The Labute approximate surface area is 87.6 Å². The Bertz CT molecular complexity index is 325. The smallest absolute Gasteiger partial charge is 0.312 e. The minimum Gasteiger partial charge on any atom is -0.469 e. The van der Waals surface area contributed by atoms with Crippen LogP contribution in [0.2, 0.25) is 0 Å². The van der Waals surface area contributed by atoms with Gasteiger partial charge in [0.15, 0.2) is 0 Å². The molecule has 0 spiro atoms. The van der Waals surface area contributed by atoms with E-state index in [1.165, 1.54) is 7.11 Å². The molecule has 2 atom stereocenters. The molecule has 0 aliphatic carbocycles. The lowest BCUT2D eigenvalue weighted by Gasteiger charge is -2.30. The van der Waals surface area contributed by atoms with E-state index in [1.807, 2.05) is 4.57 Å². The van der Waals surface area contributed by atoms with Gasteiger partial charge in [-0.2, -0.15) is 0 Å². The highest BCUT2D eigenvalue weighted by Gasteiger charge is 2.32. The standard InChI is InChI=1S/C9H14N4O2/c1-15-9(14)7-4-10-3-2-8(7)13-5-11-12-6-13/h5-8,10H,2-4H2,1H3. The number of hydrogen-bond donors (Lipinski definition) is 1. The fourth-order valence-electron chi connectivity index (χ4n) is 1.97. The number of ether oxygens (including phenoxy) is 1. The first-order valence-electron chi connectivity index (χ1n) is 4.95. The maximum Gasteiger partial charge on any atom is 0.312 e. The van der Waals surface area contributed by atoms with Crippen LogP contribution in [0.25, 0.3) is 0 Å². The Morgan fingerprint density at radius 3 is 2.93 bits per heavy atom. The summed E-state index contributed by atoms with van der Waals surface area (Å²) in [5, 5.41) is 10.7. The molecule has 1 aliphatic rings. The Kier molecular flexibility index (Phi) is 2.96. The third-order valence-electron chi connectivity index (χ3n) is 2.77. The summed E-state index contributed by atoms with van der Waals surface area (Å²) < 4.78 is 6.66. The highest BCUT2D eigenvalue weighted by Crippen LogP contribution is 2.24. The van der Waals surface area contributed by atoms with Crippen molar-refractivity contribution in [1.82, 2.24) is 20.1 Å². The van der Waals surface area contributed by atoms with E-state index in [0.717, 1.165) is 13.0 Å². The van der Waals surface area contributed by atoms with E-state index in [-0.39, 0.29) is 17.9 Å². The van der Waals surface area contributed by atoms with Crippen LogP contribution in [0.3, 0.4) is 0 Å². The van der Waals surface area contributed by atoms with Crippen molar-refractivity contribution < 1.29 is 9.53 Å². The molecule has 2 unspecified atom stereocenters. The van der Waals surface area contributed by atoms with Gasteiger partial charge in [0, 0.05) is 6.54 Å².